The SMILES string of the molecule is CC1=CN2C=C(C3=CC(=O)N4C=C(N5CCN[C@@H](C)C5)C=CC4P3)NC2C(C)=N1. The Kier molecular flexibility index (Phi) is 4.60. The first kappa shape index (κ1) is 18.6. The normalized spacial score (nSPS) is 32.1. The fourth-order valence-corrected chi connectivity index (χ4v) is 5.77. The first-order chi connectivity index (χ1) is 14.0. The summed E-state index contributed by atoms with van der Waals surface area (Å²) >= 11 is 0. The minimum atomic E-state index is 0.0515. The molecule has 5 heterocycles. The molecule has 1 saturated heterocycles. The van der Waals surface area contributed by atoms with Gasteiger partial charge >= 0.3 is 0 Å². The Hall–Kier alpha value is -2.37. The third kappa shape index (κ3) is 3.43. The Balaban J connectivity index is 1.35. The van der Waals surface area contributed by atoms with Gasteiger partial charge in [0.25, 0.3) is 5.91 Å². The number of hydrogen-bond acceptors (Lipinski definition) is 6. The molecular weight excluding hydrogens is 383 g/mol. The van der Waals surface area contributed by atoms with Crippen molar-refractivity contribution in [2.75, 3.05) is 19.6 Å². The molecule has 2 N–H and O–H groups in total. The number of nitrogens with one attached hydrogen (secondary N) is 2. The van der Waals surface area contributed by atoms with E-state index in [1.54, 1.807) is 6.08 Å². The van der Waals surface area contributed by atoms with Gasteiger partial charge in [0, 0.05) is 55.7 Å². The molecule has 29 heavy (non-hydrogen) atoms. The maximum Gasteiger partial charge on any atom is 0.252 e. The van der Waals surface area contributed by atoms with Gasteiger partial charge in [0.05, 0.1) is 28.6 Å². The summed E-state index contributed by atoms with van der Waals surface area (Å²) in [7, 11) is 0.511. The van der Waals surface area contributed by atoms with Gasteiger partial charge in [-0.2, -0.15) is 0 Å². The molecule has 5 aliphatic heterocycles. The summed E-state index contributed by atoms with van der Waals surface area (Å²) in [4.78, 5) is 23.9. The zero-order valence-corrected chi connectivity index (χ0v) is 18.0. The molecule has 7 nitrogen and oxygen atoms in total. The van der Waals surface area contributed by atoms with Gasteiger partial charge in [-0.3, -0.25) is 9.79 Å². The van der Waals surface area contributed by atoms with Crippen LogP contribution in [0, 0.1) is 0 Å². The van der Waals surface area contributed by atoms with E-state index in [2.05, 4.69) is 50.7 Å². The highest BCUT2D eigenvalue weighted by atomic mass is 31.1. The second-order valence-electron chi connectivity index (χ2n) is 8.17. The minimum absolute atomic E-state index is 0.0515. The van der Waals surface area contributed by atoms with Gasteiger partial charge in [-0.15, -0.1) is 0 Å². The van der Waals surface area contributed by atoms with Crippen molar-refractivity contribution in [2.45, 2.75) is 38.8 Å². The number of amides is 1. The Bertz CT molecular complexity index is 929. The van der Waals surface area contributed by atoms with Crippen molar-refractivity contribution in [3.63, 3.8) is 0 Å². The summed E-state index contributed by atoms with van der Waals surface area (Å²) in [5.41, 5.74) is 4.20. The van der Waals surface area contributed by atoms with E-state index in [1.165, 1.54) is 0 Å². The average molecular weight is 410 g/mol. The topological polar surface area (TPSA) is 63.2 Å². The zero-order chi connectivity index (χ0) is 20.1. The van der Waals surface area contributed by atoms with Gasteiger partial charge in [-0.1, -0.05) is 14.7 Å². The molecule has 152 valence electrons. The standard InChI is InChI=1S/C21H27N6OP/c1-13-9-25(7-6-22-13)16-4-5-20-27(11-16)19(28)8-18(29-20)17-12-26-10-14(2)23-15(3)21(26)24-17/h4-5,8,10-13,20-22,24,29H,6-7,9H2,1-3H3/t13-,20?,21?/m0/s1. The summed E-state index contributed by atoms with van der Waals surface area (Å²) in [5, 5.41) is 8.09. The van der Waals surface area contributed by atoms with Crippen molar-refractivity contribution in [1.82, 2.24) is 25.3 Å². The number of carbonyl (C=O) groups is 1. The van der Waals surface area contributed by atoms with Crippen LogP contribution in [-0.4, -0.2) is 63.9 Å². The molecule has 0 aromatic heterocycles. The van der Waals surface area contributed by atoms with Crippen LogP contribution in [0.5, 0.6) is 0 Å². The molecule has 3 unspecified atom stereocenters. The second-order valence-corrected chi connectivity index (χ2v) is 9.59. The monoisotopic (exact) mass is 410 g/mol. The molecule has 0 aliphatic carbocycles. The van der Waals surface area contributed by atoms with E-state index >= 15 is 0 Å². The van der Waals surface area contributed by atoms with Gasteiger partial charge in [0.15, 0.2) is 0 Å². The van der Waals surface area contributed by atoms with E-state index in [1.807, 2.05) is 31.1 Å². The average Bonchev–Trinajstić information content (AvgIpc) is 3.12. The Morgan fingerprint density at radius 3 is 2.93 bits per heavy atom. The highest BCUT2D eigenvalue weighted by Gasteiger charge is 2.34. The number of hydrogen-bond donors (Lipinski definition) is 2. The molecule has 0 aromatic rings. The molecular formula is C21H27N6OP. The molecule has 8 heteroatoms. The van der Waals surface area contributed by atoms with Crippen molar-refractivity contribution in [3.8, 4) is 0 Å². The molecule has 0 aromatic carbocycles. The fraction of sp³-hybridized carbons (Fsp3) is 0.429. The van der Waals surface area contributed by atoms with Crippen LogP contribution in [0.4, 0.5) is 0 Å². The van der Waals surface area contributed by atoms with Crippen molar-refractivity contribution < 1.29 is 4.79 Å². The molecule has 1 amide bonds. The molecule has 0 saturated carbocycles. The number of allylic oxidation sites excluding steroid dienone is 3. The van der Waals surface area contributed by atoms with Gasteiger partial charge in [0.1, 0.15) is 6.17 Å². The largest absolute Gasteiger partial charge is 0.368 e. The van der Waals surface area contributed by atoms with E-state index in [0.29, 0.717) is 14.6 Å². The van der Waals surface area contributed by atoms with Crippen LogP contribution in [0.25, 0.3) is 0 Å². The van der Waals surface area contributed by atoms with Crippen LogP contribution in [0.15, 0.2) is 64.2 Å². The van der Waals surface area contributed by atoms with E-state index in [9.17, 15) is 4.79 Å². The number of piperazine rings is 1. The summed E-state index contributed by atoms with van der Waals surface area (Å²) in [6.45, 7) is 9.15. The Morgan fingerprint density at radius 1 is 1.24 bits per heavy atom. The lowest BCUT2D eigenvalue weighted by Crippen LogP contribution is -2.49. The van der Waals surface area contributed by atoms with Gasteiger partial charge in [0.2, 0.25) is 0 Å². The summed E-state index contributed by atoms with van der Waals surface area (Å²) < 4.78 is 0. The molecule has 4 atom stereocenters. The number of carbonyl (C=O) groups excluding carboxylic acids is 1. The predicted molar refractivity (Wildman–Crippen MR) is 117 cm³/mol. The van der Waals surface area contributed by atoms with Crippen LogP contribution < -0.4 is 10.6 Å². The third-order valence-corrected chi connectivity index (χ3v) is 7.31. The third-order valence-electron chi connectivity index (χ3n) is 5.82. The van der Waals surface area contributed by atoms with Crippen molar-refractivity contribution in [2.24, 2.45) is 4.99 Å². The second kappa shape index (κ2) is 7.15. The molecule has 1 fully saturated rings. The van der Waals surface area contributed by atoms with Crippen molar-refractivity contribution >= 4 is 20.2 Å². The van der Waals surface area contributed by atoms with Crippen molar-refractivity contribution in [1.29, 1.82) is 0 Å². The summed E-state index contributed by atoms with van der Waals surface area (Å²) in [6, 6.07) is 0.463. The lowest BCUT2D eigenvalue weighted by atomic mass is 10.2. The van der Waals surface area contributed by atoms with E-state index < -0.39 is 0 Å². The van der Waals surface area contributed by atoms with E-state index in [4.69, 9.17) is 0 Å². The quantitative estimate of drug-likeness (QED) is 0.681. The summed E-state index contributed by atoms with van der Waals surface area (Å²) in [6.07, 6.45) is 12.4. The Labute approximate surface area is 173 Å². The molecule has 0 bridgehead atoms. The number of rotatable bonds is 2. The number of nitrogens with zero attached hydrogens (tertiary/aromatic N) is 4. The van der Waals surface area contributed by atoms with Crippen molar-refractivity contribution in [3.05, 3.63) is 59.2 Å². The minimum Gasteiger partial charge on any atom is -0.368 e. The van der Waals surface area contributed by atoms with Crippen LogP contribution in [0.3, 0.4) is 0 Å². The number of fused-ring (bicyclic) bond motifs is 2. The highest BCUT2D eigenvalue weighted by Crippen LogP contribution is 2.43. The first-order valence-electron chi connectivity index (χ1n) is 10.2. The van der Waals surface area contributed by atoms with E-state index in [-0.39, 0.29) is 17.9 Å². The fourth-order valence-electron chi connectivity index (χ4n) is 4.42. The van der Waals surface area contributed by atoms with Crippen LogP contribution >= 0.6 is 8.58 Å². The molecule has 5 aliphatic rings. The maximum absolute atomic E-state index is 13.0. The van der Waals surface area contributed by atoms with E-state index in [0.717, 1.165) is 47.8 Å². The predicted octanol–water partition coefficient (Wildman–Crippen LogP) is 1.83. The molecule has 0 radical (unpaired) electrons. The van der Waals surface area contributed by atoms with Gasteiger partial charge in [-0.05, 0) is 26.8 Å². The number of aliphatic imine (C=N–C) groups is 1. The van der Waals surface area contributed by atoms with Gasteiger partial charge in [-0.25, -0.2) is 0 Å². The lowest BCUT2D eigenvalue weighted by Gasteiger charge is -2.39. The Morgan fingerprint density at radius 2 is 2.10 bits per heavy atom. The smallest absolute Gasteiger partial charge is 0.252 e. The lowest BCUT2D eigenvalue weighted by molar-refractivity contribution is -0.124. The van der Waals surface area contributed by atoms with Crippen LogP contribution in [0.2, 0.25) is 0 Å². The zero-order valence-electron chi connectivity index (χ0n) is 17.0. The summed E-state index contributed by atoms with van der Waals surface area (Å²) in [5.74, 6) is 0.150. The molecule has 5 rings (SSSR count). The van der Waals surface area contributed by atoms with Gasteiger partial charge < -0.3 is 25.3 Å². The molecule has 0 spiro atoms. The highest BCUT2D eigenvalue weighted by molar-refractivity contribution is 7.44. The maximum atomic E-state index is 13.0. The van der Waals surface area contributed by atoms with Crippen LogP contribution in [-0.2, 0) is 4.79 Å². The first-order valence-corrected chi connectivity index (χ1v) is 11.2. The van der Waals surface area contributed by atoms with Crippen LogP contribution in [0.1, 0.15) is 20.8 Å².